The second kappa shape index (κ2) is 6.11. The minimum absolute atomic E-state index is 0.0333. The van der Waals surface area contributed by atoms with E-state index >= 15 is 0 Å². The van der Waals surface area contributed by atoms with Crippen LogP contribution in [-0.4, -0.2) is 34.8 Å². The molecule has 2 heterocycles. The topological polar surface area (TPSA) is 65.2 Å². The highest BCUT2D eigenvalue weighted by molar-refractivity contribution is 5.79. The summed E-state index contributed by atoms with van der Waals surface area (Å²) >= 11 is 0. The summed E-state index contributed by atoms with van der Waals surface area (Å²) in [6, 6.07) is 2.06. The smallest absolute Gasteiger partial charge is 0.223 e. The molecule has 0 unspecified atom stereocenters. The Morgan fingerprint density at radius 3 is 2.50 bits per heavy atom. The first-order valence-corrected chi connectivity index (χ1v) is 7.15. The monoisotopic (exact) mass is 277 g/mol. The summed E-state index contributed by atoms with van der Waals surface area (Å²) in [5.74, 6) is 0.236. The van der Waals surface area contributed by atoms with Crippen LogP contribution in [0.3, 0.4) is 0 Å². The molecule has 0 atom stereocenters. The zero-order valence-corrected chi connectivity index (χ0v) is 12.5. The van der Waals surface area contributed by atoms with Crippen molar-refractivity contribution in [3.8, 4) is 0 Å². The van der Waals surface area contributed by atoms with Crippen LogP contribution in [0.5, 0.6) is 0 Å². The number of aromatic amines is 1. The van der Waals surface area contributed by atoms with Crippen LogP contribution < -0.4 is 5.32 Å². The fraction of sp³-hybridized carbons (Fsp3) is 0.600. The van der Waals surface area contributed by atoms with E-state index in [1.807, 2.05) is 18.7 Å². The number of aromatic nitrogens is 1. The van der Waals surface area contributed by atoms with Crippen molar-refractivity contribution >= 4 is 11.8 Å². The number of hydrogen-bond donors (Lipinski definition) is 2. The molecule has 1 aromatic heterocycles. The molecular weight excluding hydrogens is 254 g/mol. The average molecular weight is 277 g/mol. The maximum Gasteiger partial charge on any atom is 0.223 e. The maximum absolute atomic E-state index is 12.1. The van der Waals surface area contributed by atoms with Crippen molar-refractivity contribution in [2.45, 2.75) is 40.2 Å². The Balaban J connectivity index is 1.81. The highest BCUT2D eigenvalue weighted by Gasteiger charge is 2.25. The second-order valence-corrected chi connectivity index (χ2v) is 5.60. The third kappa shape index (κ3) is 3.40. The fourth-order valence-electron chi connectivity index (χ4n) is 2.75. The summed E-state index contributed by atoms with van der Waals surface area (Å²) < 4.78 is 0. The van der Waals surface area contributed by atoms with E-state index in [1.165, 1.54) is 0 Å². The first-order chi connectivity index (χ1) is 9.47. The number of likely N-dealkylation sites (tertiary alicyclic amines) is 1. The first kappa shape index (κ1) is 14.6. The van der Waals surface area contributed by atoms with Gasteiger partial charge in [0.2, 0.25) is 11.8 Å². The molecule has 0 bridgehead atoms. The van der Waals surface area contributed by atoms with Crippen LogP contribution >= 0.6 is 0 Å². The number of amides is 2. The zero-order chi connectivity index (χ0) is 14.7. The summed E-state index contributed by atoms with van der Waals surface area (Å²) in [6.07, 6.45) is 1.52. The van der Waals surface area contributed by atoms with E-state index in [9.17, 15) is 9.59 Å². The standard InChI is InChI=1S/C15H23N3O2/c1-10-8-14(11(2)17-10)9-16-15(20)13-4-6-18(7-5-13)12(3)19/h8,13,17H,4-7,9H2,1-3H3,(H,16,20). The number of carbonyl (C=O) groups excluding carboxylic acids is 2. The Labute approximate surface area is 119 Å². The molecule has 0 spiro atoms. The Kier molecular flexibility index (Phi) is 4.47. The van der Waals surface area contributed by atoms with Gasteiger partial charge in [-0.3, -0.25) is 9.59 Å². The molecule has 0 saturated carbocycles. The van der Waals surface area contributed by atoms with Gasteiger partial charge in [-0.05, 0) is 38.3 Å². The van der Waals surface area contributed by atoms with Gasteiger partial charge in [-0.25, -0.2) is 0 Å². The summed E-state index contributed by atoms with van der Waals surface area (Å²) in [5.41, 5.74) is 3.35. The Morgan fingerprint density at radius 1 is 1.35 bits per heavy atom. The normalized spacial score (nSPS) is 16.2. The average Bonchev–Trinajstić information content (AvgIpc) is 2.74. The van der Waals surface area contributed by atoms with Gasteiger partial charge in [0, 0.05) is 43.9 Å². The minimum atomic E-state index is 0.0333. The fourth-order valence-corrected chi connectivity index (χ4v) is 2.75. The molecule has 110 valence electrons. The molecule has 1 aliphatic rings. The summed E-state index contributed by atoms with van der Waals surface area (Å²) in [4.78, 5) is 28.4. The number of H-pyrrole nitrogens is 1. The largest absolute Gasteiger partial charge is 0.362 e. The van der Waals surface area contributed by atoms with Crippen molar-refractivity contribution in [3.63, 3.8) is 0 Å². The van der Waals surface area contributed by atoms with Crippen molar-refractivity contribution in [2.75, 3.05) is 13.1 Å². The third-order valence-electron chi connectivity index (χ3n) is 4.02. The second-order valence-electron chi connectivity index (χ2n) is 5.60. The lowest BCUT2D eigenvalue weighted by Gasteiger charge is -2.30. The SMILES string of the molecule is CC(=O)N1CCC(C(=O)NCc2cc(C)[nH]c2C)CC1. The molecule has 20 heavy (non-hydrogen) atoms. The van der Waals surface area contributed by atoms with E-state index in [0.717, 1.165) is 29.8 Å². The molecule has 0 aromatic carbocycles. The van der Waals surface area contributed by atoms with Gasteiger partial charge < -0.3 is 15.2 Å². The van der Waals surface area contributed by atoms with Gasteiger partial charge in [0.15, 0.2) is 0 Å². The van der Waals surface area contributed by atoms with Crippen molar-refractivity contribution < 1.29 is 9.59 Å². The highest BCUT2D eigenvalue weighted by Crippen LogP contribution is 2.18. The lowest BCUT2D eigenvalue weighted by Crippen LogP contribution is -2.42. The molecule has 1 aromatic rings. The van der Waals surface area contributed by atoms with Gasteiger partial charge >= 0.3 is 0 Å². The Morgan fingerprint density at radius 2 is 2.00 bits per heavy atom. The van der Waals surface area contributed by atoms with Crippen LogP contribution in [0.2, 0.25) is 0 Å². The molecule has 1 fully saturated rings. The molecule has 1 saturated heterocycles. The van der Waals surface area contributed by atoms with E-state index in [1.54, 1.807) is 6.92 Å². The first-order valence-electron chi connectivity index (χ1n) is 7.15. The van der Waals surface area contributed by atoms with Crippen LogP contribution in [0.1, 0.15) is 36.7 Å². The zero-order valence-electron chi connectivity index (χ0n) is 12.5. The lowest BCUT2D eigenvalue weighted by atomic mass is 9.96. The number of hydrogen-bond acceptors (Lipinski definition) is 2. The van der Waals surface area contributed by atoms with Crippen LogP contribution in [0.15, 0.2) is 6.07 Å². The summed E-state index contributed by atoms with van der Waals surface area (Å²) in [6.45, 7) is 7.56. The molecule has 2 rings (SSSR count). The minimum Gasteiger partial charge on any atom is -0.362 e. The lowest BCUT2D eigenvalue weighted by molar-refractivity contribution is -0.134. The van der Waals surface area contributed by atoms with Gasteiger partial charge in [0.1, 0.15) is 0 Å². The number of nitrogens with one attached hydrogen (secondary N) is 2. The molecular formula is C15H23N3O2. The van der Waals surface area contributed by atoms with Crippen molar-refractivity contribution in [2.24, 2.45) is 5.92 Å². The van der Waals surface area contributed by atoms with E-state index < -0.39 is 0 Å². The van der Waals surface area contributed by atoms with Gasteiger partial charge in [0.05, 0.1) is 0 Å². The van der Waals surface area contributed by atoms with Gasteiger partial charge in [-0.15, -0.1) is 0 Å². The molecule has 1 aliphatic heterocycles. The predicted octanol–water partition coefficient (Wildman–Crippen LogP) is 1.51. The molecule has 0 aliphatic carbocycles. The third-order valence-corrected chi connectivity index (χ3v) is 4.02. The number of nitrogens with zero attached hydrogens (tertiary/aromatic N) is 1. The number of rotatable bonds is 3. The number of piperidine rings is 1. The Bertz CT molecular complexity index is 499. The van der Waals surface area contributed by atoms with Gasteiger partial charge in [-0.1, -0.05) is 0 Å². The van der Waals surface area contributed by atoms with E-state index in [0.29, 0.717) is 19.6 Å². The van der Waals surface area contributed by atoms with E-state index in [-0.39, 0.29) is 17.7 Å². The maximum atomic E-state index is 12.1. The van der Waals surface area contributed by atoms with Crippen LogP contribution in [0, 0.1) is 19.8 Å². The van der Waals surface area contributed by atoms with E-state index in [2.05, 4.69) is 16.4 Å². The van der Waals surface area contributed by atoms with Crippen molar-refractivity contribution in [1.82, 2.24) is 15.2 Å². The Hall–Kier alpha value is -1.78. The van der Waals surface area contributed by atoms with Crippen LogP contribution in [0.4, 0.5) is 0 Å². The summed E-state index contributed by atoms with van der Waals surface area (Å²) in [7, 11) is 0. The summed E-state index contributed by atoms with van der Waals surface area (Å²) in [5, 5.41) is 3.00. The van der Waals surface area contributed by atoms with Gasteiger partial charge in [-0.2, -0.15) is 0 Å². The predicted molar refractivity (Wildman–Crippen MR) is 77.1 cm³/mol. The molecule has 5 nitrogen and oxygen atoms in total. The molecule has 2 amide bonds. The molecule has 2 N–H and O–H groups in total. The molecule has 5 heteroatoms. The highest BCUT2D eigenvalue weighted by atomic mass is 16.2. The van der Waals surface area contributed by atoms with Crippen LogP contribution in [-0.2, 0) is 16.1 Å². The van der Waals surface area contributed by atoms with E-state index in [4.69, 9.17) is 0 Å². The van der Waals surface area contributed by atoms with Crippen molar-refractivity contribution in [1.29, 1.82) is 0 Å². The quantitative estimate of drug-likeness (QED) is 0.879. The number of carbonyl (C=O) groups is 2. The van der Waals surface area contributed by atoms with Crippen molar-refractivity contribution in [3.05, 3.63) is 23.0 Å². The molecule has 0 radical (unpaired) electrons. The van der Waals surface area contributed by atoms with Gasteiger partial charge in [0.25, 0.3) is 0 Å². The van der Waals surface area contributed by atoms with Crippen LogP contribution in [0.25, 0.3) is 0 Å². The number of aryl methyl sites for hydroxylation is 2.